The molecule has 95 heavy (non-hydrogen) atoms. The van der Waals surface area contributed by atoms with Crippen molar-refractivity contribution in [1.82, 2.24) is 5.32 Å². The average molecular weight is 1320 g/mol. The molecule has 2 saturated heterocycles. The van der Waals surface area contributed by atoms with E-state index in [4.69, 9.17) is 61.9 Å². The maximum atomic E-state index is 15.4. The molecule has 0 spiro atoms. The first-order chi connectivity index (χ1) is 46.7. The summed E-state index contributed by atoms with van der Waals surface area (Å²) in [5.41, 5.74) is 13.5. The molecule has 7 aromatic carbocycles. The molecule has 2 heterocycles. The van der Waals surface area contributed by atoms with E-state index in [2.05, 4.69) is 18.8 Å². The molecule has 2 aliphatic heterocycles. The molecule has 0 saturated carbocycles. The van der Waals surface area contributed by atoms with E-state index < -0.39 is 69.1 Å². The van der Waals surface area contributed by atoms with Crippen LogP contribution in [-0.2, 0) is 112 Å². The van der Waals surface area contributed by atoms with Crippen LogP contribution in [0.25, 0.3) is 0 Å². The number of rotatable bonds is 43. The first-order valence-corrected chi connectivity index (χ1v) is 35.3. The fourth-order valence-corrected chi connectivity index (χ4v) is 13.0. The van der Waals surface area contributed by atoms with Crippen LogP contribution in [0, 0.1) is 0 Å². The van der Waals surface area contributed by atoms with Crippen molar-refractivity contribution >= 4 is 13.7 Å². The predicted molar refractivity (Wildman–Crippen MR) is 367 cm³/mol. The van der Waals surface area contributed by atoms with Gasteiger partial charge in [0.15, 0.2) is 12.6 Å². The zero-order chi connectivity index (χ0) is 66.0. The Kier molecular flexibility index (Phi) is 31.3. The monoisotopic (exact) mass is 1320 g/mol. The summed E-state index contributed by atoms with van der Waals surface area (Å²) in [4.78, 5) is 14.9. The summed E-state index contributed by atoms with van der Waals surface area (Å²) in [5.74, 6) is -0.259. The highest BCUT2D eigenvalue weighted by Crippen LogP contribution is 2.54. The molecule has 0 bridgehead atoms. The lowest BCUT2D eigenvalue weighted by Gasteiger charge is -2.48. The number of phosphoric acid groups is 1. The molecule has 2 fully saturated rings. The van der Waals surface area contributed by atoms with E-state index in [9.17, 15) is 4.79 Å². The molecule has 16 nitrogen and oxygen atoms in total. The van der Waals surface area contributed by atoms with Gasteiger partial charge in [0.2, 0.25) is 5.91 Å². The number of phosphoric ester groups is 1. The summed E-state index contributed by atoms with van der Waals surface area (Å²) in [7, 11) is -4.53. The van der Waals surface area contributed by atoms with Crippen molar-refractivity contribution in [3.05, 3.63) is 264 Å². The predicted octanol–water partition coefficient (Wildman–Crippen LogP) is 15.3. The number of ether oxygens (including phenoxy) is 9. The number of carbonyl (C=O) groups excluding carboxylic acids is 1. The van der Waals surface area contributed by atoms with E-state index in [0.29, 0.717) is 13.0 Å². The van der Waals surface area contributed by atoms with Crippen LogP contribution < -0.4 is 11.1 Å². The number of hydrogen-bond donors (Lipinski definition) is 2. The number of nitrogens with one attached hydrogen (secondary N) is 1. The third-order valence-electron chi connectivity index (χ3n) is 16.8. The van der Waals surface area contributed by atoms with Crippen LogP contribution in [0.5, 0.6) is 0 Å². The number of benzene rings is 7. The standard InChI is InChI=1S/C78H97N2O14P/c1-3-5-6-7-8-9-10-11-33-48-67(85-52-61-36-21-13-22-37-61)50-70(81)80-72-76(88-55-64-42-27-16-28-43-64)73(86-53-62-38-23-14-24-39-62)69(93-78(72)84-49-4-2)59-89-77-71(79)75(87-54-63-40-25-15-26-41-63)74(68(92-77)58-83-51-60-34-19-12-20-35-60)94-95(82,90-56-65-44-29-17-30-45-65)91-57-66-46-31-18-32-47-66/h4,12-32,34-47,67-69,71-78H,2-3,5-11,33,48-59,79H2,1H3,(H,80,81)/t67-,68-,69-,71-,72-,73-,74-,75-,76-,77-,78+/m1/s1. The van der Waals surface area contributed by atoms with Crippen molar-refractivity contribution in [2.75, 3.05) is 19.8 Å². The van der Waals surface area contributed by atoms with Gasteiger partial charge in [-0.15, -0.1) is 6.58 Å². The fourth-order valence-electron chi connectivity index (χ4n) is 11.7. The fraction of sp³-hybridized carbons (Fsp3) is 0.423. The van der Waals surface area contributed by atoms with Crippen LogP contribution in [-0.4, -0.2) is 93.1 Å². The van der Waals surface area contributed by atoms with Crippen LogP contribution in [0.1, 0.15) is 116 Å². The Morgan fingerprint density at radius 2 is 0.895 bits per heavy atom. The number of unbranched alkanes of at least 4 members (excludes halogenated alkanes) is 8. The van der Waals surface area contributed by atoms with Gasteiger partial charge in [0.1, 0.15) is 42.7 Å². The number of hydrogen-bond acceptors (Lipinski definition) is 15. The summed E-state index contributed by atoms with van der Waals surface area (Å²) in [5, 5.41) is 3.34. The molecular weight excluding hydrogens is 1220 g/mol. The Hall–Kier alpha value is -6.54. The molecule has 11 atom stereocenters. The molecule has 1 amide bonds. The highest BCUT2D eigenvalue weighted by molar-refractivity contribution is 7.48. The average Bonchev–Trinajstić information content (AvgIpc) is 0.795. The first kappa shape index (κ1) is 72.7. The second-order valence-electron chi connectivity index (χ2n) is 24.3. The van der Waals surface area contributed by atoms with Crippen LogP contribution in [0.2, 0.25) is 0 Å². The van der Waals surface area contributed by atoms with Gasteiger partial charge in [0, 0.05) is 0 Å². The van der Waals surface area contributed by atoms with Gasteiger partial charge in [-0.2, -0.15) is 0 Å². The number of amides is 1. The van der Waals surface area contributed by atoms with E-state index in [0.717, 1.165) is 58.2 Å². The highest BCUT2D eigenvalue weighted by Gasteiger charge is 2.53. The van der Waals surface area contributed by atoms with Gasteiger partial charge in [-0.05, 0) is 45.4 Å². The van der Waals surface area contributed by atoms with Crippen molar-refractivity contribution < 1.29 is 65.6 Å². The Bertz CT molecular complexity index is 3190. The molecule has 0 aromatic heterocycles. The van der Waals surface area contributed by atoms with Crippen molar-refractivity contribution in [2.45, 2.75) is 191 Å². The summed E-state index contributed by atoms with van der Waals surface area (Å²) >= 11 is 0. The van der Waals surface area contributed by atoms with Crippen LogP contribution >= 0.6 is 7.82 Å². The molecule has 508 valence electrons. The highest BCUT2D eigenvalue weighted by atomic mass is 31.2. The summed E-state index contributed by atoms with van der Waals surface area (Å²) < 4.78 is 96.2. The number of nitrogens with two attached hydrogens (primary N) is 1. The maximum Gasteiger partial charge on any atom is 0.475 e. The van der Waals surface area contributed by atoms with Gasteiger partial charge < -0.3 is 53.7 Å². The zero-order valence-corrected chi connectivity index (χ0v) is 55.8. The maximum absolute atomic E-state index is 15.4. The van der Waals surface area contributed by atoms with Gasteiger partial charge in [0.25, 0.3) is 0 Å². The van der Waals surface area contributed by atoms with Crippen molar-refractivity contribution in [3.63, 3.8) is 0 Å². The zero-order valence-electron chi connectivity index (χ0n) is 54.9. The lowest BCUT2D eigenvalue weighted by molar-refractivity contribution is -0.312. The Morgan fingerprint density at radius 1 is 0.484 bits per heavy atom. The second-order valence-corrected chi connectivity index (χ2v) is 25.9. The van der Waals surface area contributed by atoms with Gasteiger partial charge in [-0.3, -0.25) is 18.4 Å². The molecule has 0 aliphatic carbocycles. The lowest BCUT2D eigenvalue weighted by Crippen LogP contribution is -2.67. The SMILES string of the molecule is C=CCO[C@H]1O[C@H](CO[C@@H]2O[C@H](COCc3ccccc3)[C@@H](OP(=O)(OCc3ccccc3)OCc3ccccc3)[C@H](OCc3ccccc3)[C@H]2N)[C@@H](OCc2ccccc2)[C@H](OCc2ccccc2)[C@H]1NC(=O)C[C@@H](CCCCCCCCCCC)OCc1ccccc1. The minimum Gasteiger partial charge on any atom is -0.374 e. The number of carbonyl (C=O) groups is 1. The van der Waals surface area contributed by atoms with Gasteiger partial charge in [-0.25, -0.2) is 4.57 Å². The Balaban J connectivity index is 1.01. The molecule has 7 aromatic rings. The molecule has 2 aliphatic rings. The van der Waals surface area contributed by atoms with Crippen LogP contribution in [0.15, 0.2) is 225 Å². The summed E-state index contributed by atoms with van der Waals surface area (Å²) in [6.07, 6.45) is 4.20. The van der Waals surface area contributed by atoms with Crippen LogP contribution in [0.4, 0.5) is 0 Å². The van der Waals surface area contributed by atoms with E-state index in [1.165, 1.54) is 38.5 Å². The third-order valence-corrected chi connectivity index (χ3v) is 18.2. The van der Waals surface area contributed by atoms with Crippen LogP contribution in [0.3, 0.4) is 0 Å². The minimum absolute atomic E-state index is 0.0735. The molecule has 0 unspecified atom stereocenters. The van der Waals surface area contributed by atoms with Gasteiger partial charge >= 0.3 is 7.82 Å². The Labute approximate surface area is 562 Å². The molecule has 17 heteroatoms. The molecular formula is C78H97N2O14P. The molecule has 3 N–H and O–H groups in total. The van der Waals surface area contributed by atoms with Gasteiger partial charge in [0.05, 0.1) is 84.6 Å². The van der Waals surface area contributed by atoms with Crippen molar-refractivity contribution in [2.24, 2.45) is 5.73 Å². The smallest absolute Gasteiger partial charge is 0.374 e. The lowest BCUT2D eigenvalue weighted by atomic mass is 9.95. The van der Waals surface area contributed by atoms with Crippen molar-refractivity contribution in [3.8, 4) is 0 Å². The third kappa shape index (κ3) is 24.8. The largest absolute Gasteiger partial charge is 0.475 e. The summed E-state index contributed by atoms with van der Waals surface area (Å²) in [6, 6.07) is 65.7. The van der Waals surface area contributed by atoms with E-state index in [1.54, 1.807) is 6.08 Å². The van der Waals surface area contributed by atoms with E-state index in [-0.39, 0.29) is 77.9 Å². The van der Waals surface area contributed by atoms with Gasteiger partial charge in [-0.1, -0.05) is 283 Å². The second kappa shape index (κ2) is 40.9. The van der Waals surface area contributed by atoms with E-state index in [1.807, 2.05) is 212 Å². The van der Waals surface area contributed by atoms with Crippen molar-refractivity contribution in [1.29, 1.82) is 0 Å². The topological polar surface area (TPSA) is 183 Å². The quantitative estimate of drug-likeness (QED) is 0.0209. The summed E-state index contributed by atoms with van der Waals surface area (Å²) in [6.45, 7) is 6.77. The Morgan fingerprint density at radius 3 is 1.38 bits per heavy atom. The first-order valence-electron chi connectivity index (χ1n) is 33.8. The minimum atomic E-state index is -4.53. The normalized spacial score (nSPS) is 21.6. The molecule has 9 rings (SSSR count). The van der Waals surface area contributed by atoms with E-state index >= 15 is 4.57 Å². The molecule has 0 radical (unpaired) electrons.